The van der Waals surface area contributed by atoms with E-state index in [-0.39, 0.29) is 25.4 Å². The molecule has 0 bridgehead atoms. The van der Waals surface area contributed by atoms with Gasteiger partial charge in [-0.3, -0.25) is 9.59 Å². The first-order valence-electron chi connectivity index (χ1n) is 8.54. The van der Waals surface area contributed by atoms with E-state index in [1.807, 2.05) is 0 Å². The molecule has 1 atom stereocenters. The first kappa shape index (κ1) is 20.5. The van der Waals surface area contributed by atoms with Crippen LogP contribution in [0.15, 0.2) is 42.5 Å². The minimum atomic E-state index is -4.48. The number of aliphatic hydroxyl groups excluding tert-OH is 1. The summed E-state index contributed by atoms with van der Waals surface area (Å²) in [7, 11) is 0. The summed E-state index contributed by atoms with van der Waals surface area (Å²) in [6.07, 6.45) is -5.74. The summed E-state index contributed by atoms with van der Waals surface area (Å²) >= 11 is 0. The third-order valence-electron chi connectivity index (χ3n) is 4.18. The van der Waals surface area contributed by atoms with Gasteiger partial charge in [-0.05, 0) is 35.4 Å². The molecule has 0 aliphatic carbocycles. The Balaban J connectivity index is 1.46. The van der Waals surface area contributed by atoms with Crippen molar-refractivity contribution in [2.45, 2.75) is 18.8 Å². The molecular weight excluding hydrogens is 393 g/mol. The van der Waals surface area contributed by atoms with E-state index in [9.17, 15) is 27.9 Å². The second-order valence-corrected chi connectivity index (χ2v) is 6.22. The average Bonchev–Trinajstić information content (AvgIpc) is 3.17. The Bertz CT molecular complexity index is 900. The van der Waals surface area contributed by atoms with Crippen molar-refractivity contribution in [2.24, 2.45) is 0 Å². The molecule has 0 saturated heterocycles. The lowest BCUT2D eigenvalue weighted by atomic mass is 10.1. The third-order valence-corrected chi connectivity index (χ3v) is 4.18. The zero-order valence-electron chi connectivity index (χ0n) is 15.0. The van der Waals surface area contributed by atoms with Gasteiger partial charge >= 0.3 is 18.0 Å². The van der Waals surface area contributed by atoms with E-state index in [2.05, 4.69) is 10.6 Å². The molecule has 1 aliphatic heterocycles. The third kappa shape index (κ3) is 5.17. The lowest BCUT2D eigenvalue weighted by Gasteiger charge is -2.13. The van der Waals surface area contributed by atoms with Crippen LogP contribution in [0.25, 0.3) is 0 Å². The lowest BCUT2D eigenvalue weighted by Crippen LogP contribution is -2.41. The number of alkyl halides is 3. The van der Waals surface area contributed by atoms with Crippen molar-refractivity contribution in [3.8, 4) is 11.5 Å². The van der Waals surface area contributed by atoms with E-state index >= 15 is 0 Å². The number of carbonyl (C=O) groups is 2. The molecule has 1 aliphatic rings. The monoisotopic (exact) mass is 410 g/mol. The highest BCUT2D eigenvalue weighted by atomic mass is 19.4. The van der Waals surface area contributed by atoms with Crippen LogP contribution in [0.3, 0.4) is 0 Å². The number of hydrogen-bond acceptors (Lipinski definition) is 5. The number of amides is 2. The van der Waals surface area contributed by atoms with Crippen LogP contribution in [0.4, 0.5) is 13.2 Å². The van der Waals surface area contributed by atoms with Crippen LogP contribution in [0.5, 0.6) is 11.5 Å². The van der Waals surface area contributed by atoms with Crippen molar-refractivity contribution in [1.29, 1.82) is 0 Å². The van der Waals surface area contributed by atoms with Gasteiger partial charge in [-0.2, -0.15) is 13.2 Å². The standard InChI is InChI=1S/C19H17F3N2O5/c20-19(21,22)13-4-2-12(3-5-13)14(25)9-24-18(27)17(26)23-8-11-1-6-15-16(7-11)29-10-28-15/h1-7,14,25H,8-10H2,(H,23,26)(H,24,27)/t14-/m0/s1. The molecule has 0 saturated carbocycles. The zero-order valence-corrected chi connectivity index (χ0v) is 15.0. The van der Waals surface area contributed by atoms with Gasteiger partial charge in [0.25, 0.3) is 0 Å². The summed E-state index contributed by atoms with van der Waals surface area (Å²) < 4.78 is 48.0. The van der Waals surface area contributed by atoms with Crippen molar-refractivity contribution in [3.05, 3.63) is 59.2 Å². The number of halogens is 3. The number of aliphatic hydroxyl groups is 1. The predicted molar refractivity (Wildman–Crippen MR) is 93.8 cm³/mol. The fourth-order valence-corrected chi connectivity index (χ4v) is 2.60. The quantitative estimate of drug-likeness (QED) is 0.655. The van der Waals surface area contributed by atoms with Crippen LogP contribution in [-0.2, 0) is 22.3 Å². The summed E-state index contributed by atoms with van der Waals surface area (Å²) in [6, 6.07) is 8.95. The van der Waals surface area contributed by atoms with Gasteiger partial charge in [0.05, 0.1) is 11.7 Å². The molecule has 0 spiro atoms. The molecule has 2 aromatic carbocycles. The van der Waals surface area contributed by atoms with Crippen molar-refractivity contribution >= 4 is 11.8 Å². The number of hydrogen-bond donors (Lipinski definition) is 3. The van der Waals surface area contributed by atoms with Crippen LogP contribution >= 0.6 is 0 Å². The summed E-state index contributed by atoms with van der Waals surface area (Å²) in [5.74, 6) is -0.755. The van der Waals surface area contributed by atoms with E-state index in [0.717, 1.165) is 24.3 Å². The van der Waals surface area contributed by atoms with Gasteiger partial charge in [-0.25, -0.2) is 0 Å². The summed E-state index contributed by atoms with van der Waals surface area (Å²) in [6.45, 7) is -0.138. The Morgan fingerprint density at radius 3 is 2.34 bits per heavy atom. The Hall–Kier alpha value is -3.27. The highest BCUT2D eigenvalue weighted by Gasteiger charge is 2.30. The second-order valence-electron chi connectivity index (χ2n) is 6.22. The second kappa shape index (κ2) is 8.39. The van der Waals surface area contributed by atoms with Crippen LogP contribution in [0, 0.1) is 0 Å². The SMILES string of the molecule is O=C(NCc1ccc2c(c1)OCO2)C(=O)NC[C@H](O)c1ccc(C(F)(F)F)cc1. The predicted octanol–water partition coefficient (Wildman–Crippen LogP) is 1.90. The van der Waals surface area contributed by atoms with Crippen LogP contribution in [0.1, 0.15) is 22.8 Å². The molecule has 0 fully saturated rings. The van der Waals surface area contributed by atoms with Crippen molar-refractivity contribution < 1.29 is 37.3 Å². The molecule has 10 heteroatoms. The van der Waals surface area contributed by atoms with Crippen molar-refractivity contribution in [3.63, 3.8) is 0 Å². The Kier molecular flexibility index (Phi) is 5.92. The number of carbonyl (C=O) groups excluding carboxylic acids is 2. The Morgan fingerprint density at radius 1 is 1.00 bits per heavy atom. The topological polar surface area (TPSA) is 96.9 Å². The summed E-state index contributed by atoms with van der Waals surface area (Å²) in [5.41, 5.74) is 0.0274. The summed E-state index contributed by atoms with van der Waals surface area (Å²) in [5, 5.41) is 14.6. The van der Waals surface area contributed by atoms with Crippen LogP contribution in [0.2, 0.25) is 0 Å². The smallest absolute Gasteiger partial charge is 0.416 e. The molecule has 29 heavy (non-hydrogen) atoms. The maximum Gasteiger partial charge on any atom is 0.416 e. The molecule has 2 amide bonds. The lowest BCUT2D eigenvalue weighted by molar-refractivity contribution is -0.139. The van der Waals surface area contributed by atoms with Gasteiger partial charge in [-0.15, -0.1) is 0 Å². The molecule has 7 nitrogen and oxygen atoms in total. The van der Waals surface area contributed by atoms with Gasteiger partial charge in [-0.1, -0.05) is 18.2 Å². The van der Waals surface area contributed by atoms with E-state index < -0.39 is 29.7 Å². The molecule has 154 valence electrons. The Labute approximate surface area is 163 Å². The van der Waals surface area contributed by atoms with Crippen molar-refractivity contribution in [2.75, 3.05) is 13.3 Å². The van der Waals surface area contributed by atoms with E-state index in [1.165, 1.54) is 0 Å². The molecule has 0 unspecified atom stereocenters. The van der Waals surface area contributed by atoms with Gasteiger partial charge in [0.2, 0.25) is 6.79 Å². The molecule has 1 heterocycles. The van der Waals surface area contributed by atoms with Gasteiger partial charge in [0.1, 0.15) is 0 Å². The van der Waals surface area contributed by atoms with Crippen LogP contribution < -0.4 is 20.1 Å². The van der Waals surface area contributed by atoms with Crippen molar-refractivity contribution in [1.82, 2.24) is 10.6 Å². The molecule has 3 N–H and O–H groups in total. The van der Waals surface area contributed by atoms with Gasteiger partial charge in [0, 0.05) is 13.1 Å². The highest BCUT2D eigenvalue weighted by Crippen LogP contribution is 2.32. The molecule has 3 rings (SSSR count). The largest absolute Gasteiger partial charge is 0.454 e. The van der Waals surface area contributed by atoms with Gasteiger partial charge < -0.3 is 25.2 Å². The Morgan fingerprint density at radius 2 is 1.66 bits per heavy atom. The number of ether oxygens (including phenoxy) is 2. The minimum Gasteiger partial charge on any atom is -0.454 e. The van der Waals surface area contributed by atoms with E-state index in [1.54, 1.807) is 18.2 Å². The fourth-order valence-electron chi connectivity index (χ4n) is 2.60. The maximum atomic E-state index is 12.5. The van der Waals surface area contributed by atoms with E-state index in [4.69, 9.17) is 9.47 Å². The maximum absolute atomic E-state index is 12.5. The zero-order chi connectivity index (χ0) is 21.0. The average molecular weight is 410 g/mol. The number of rotatable bonds is 5. The number of nitrogens with one attached hydrogen (secondary N) is 2. The molecular formula is C19H17F3N2O5. The number of fused-ring (bicyclic) bond motifs is 1. The normalized spacial score (nSPS) is 13.7. The summed E-state index contributed by atoms with van der Waals surface area (Å²) in [4.78, 5) is 23.7. The first-order chi connectivity index (χ1) is 13.7. The molecule has 0 aromatic heterocycles. The van der Waals surface area contributed by atoms with Gasteiger partial charge in [0.15, 0.2) is 11.5 Å². The first-order valence-corrected chi connectivity index (χ1v) is 8.54. The molecule has 2 aromatic rings. The fraction of sp³-hybridized carbons (Fsp3) is 0.263. The highest BCUT2D eigenvalue weighted by molar-refractivity contribution is 6.35. The van der Waals surface area contributed by atoms with E-state index in [0.29, 0.717) is 17.1 Å². The van der Waals surface area contributed by atoms with Crippen LogP contribution in [-0.4, -0.2) is 30.3 Å². The minimum absolute atomic E-state index is 0.0738. The number of benzene rings is 2. The molecule has 0 radical (unpaired) electrons.